The van der Waals surface area contributed by atoms with E-state index in [2.05, 4.69) is 5.32 Å². The van der Waals surface area contributed by atoms with Gasteiger partial charge in [-0.15, -0.1) is 0 Å². The van der Waals surface area contributed by atoms with Gasteiger partial charge in [-0.05, 0) is 36.8 Å². The van der Waals surface area contributed by atoms with Crippen LogP contribution < -0.4 is 19.7 Å². The molecule has 9 nitrogen and oxygen atoms in total. The number of carbonyl (C=O) groups excluding carboxylic acids is 3. The maximum Gasteiger partial charge on any atom is 0.254 e. The predicted molar refractivity (Wildman–Crippen MR) is 125 cm³/mol. The molecule has 0 radical (unpaired) electrons. The second-order valence-corrected chi connectivity index (χ2v) is 8.57. The topological polar surface area (TPSA) is 108 Å². The van der Waals surface area contributed by atoms with Crippen LogP contribution >= 0.6 is 0 Å². The molecule has 2 N–H and O–H groups in total. The van der Waals surface area contributed by atoms with Gasteiger partial charge in [0.2, 0.25) is 5.91 Å². The highest BCUT2D eigenvalue weighted by atomic mass is 16.5. The van der Waals surface area contributed by atoms with Crippen LogP contribution in [0.2, 0.25) is 0 Å². The number of rotatable bonds is 6. The summed E-state index contributed by atoms with van der Waals surface area (Å²) >= 11 is 0. The molecule has 0 spiro atoms. The fourth-order valence-electron chi connectivity index (χ4n) is 5.36. The van der Waals surface area contributed by atoms with Gasteiger partial charge in [-0.3, -0.25) is 14.4 Å². The van der Waals surface area contributed by atoms with E-state index >= 15 is 0 Å². The molecule has 0 aromatic heterocycles. The number of nitrogens with one attached hydrogen (secondary N) is 1. The average molecular weight is 468 g/mol. The summed E-state index contributed by atoms with van der Waals surface area (Å²) in [5, 5.41) is 12.4. The third-order valence-corrected chi connectivity index (χ3v) is 6.97. The SMILES string of the molecule is CNC(=O)[C@H]1CN(C(=O)c2ccc(OC)c(OC)c2)[C@]2(C)C(=O)N(CCO)c3ccccc3[C@H]12. The van der Waals surface area contributed by atoms with Crippen molar-refractivity contribution in [1.29, 1.82) is 0 Å². The highest BCUT2D eigenvalue weighted by Gasteiger charge is 2.63. The van der Waals surface area contributed by atoms with Crippen LogP contribution in [0.1, 0.15) is 28.8 Å². The zero-order valence-corrected chi connectivity index (χ0v) is 19.7. The van der Waals surface area contributed by atoms with Gasteiger partial charge in [0.1, 0.15) is 5.54 Å². The second-order valence-electron chi connectivity index (χ2n) is 8.57. The molecule has 9 heteroatoms. The van der Waals surface area contributed by atoms with Crippen LogP contribution in [0.25, 0.3) is 0 Å². The molecule has 3 atom stereocenters. The zero-order chi connectivity index (χ0) is 24.6. The minimum Gasteiger partial charge on any atom is -0.493 e. The van der Waals surface area contributed by atoms with Gasteiger partial charge in [-0.2, -0.15) is 0 Å². The molecule has 4 rings (SSSR count). The maximum absolute atomic E-state index is 14.0. The van der Waals surface area contributed by atoms with E-state index in [1.807, 2.05) is 24.3 Å². The number of methoxy groups -OCH3 is 2. The number of amides is 3. The van der Waals surface area contributed by atoms with Gasteiger partial charge >= 0.3 is 0 Å². The minimum atomic E-state index is -1.33. The normalized spacial score (nSPS) is 23.3. The smallest absolute Gasteiger partial charge is 0.254 e. The van der Waals surface area contributed by atoms with Crippen molar-refractivity contribution < 1.29 is 29.0 Å². The second kappa shape index (κ2) is 8.98. The van der Waals surface area contributed by atoms with Crippen molar-refractivity contribution in [2.45, 2.75) is 18.4 Å². The third-order valence-electron chi connectivity index (χ3n) is 6.97. The molecular formula is C25H29N3O6. The van der Waals surface area contributed by atoms with E-state index in [1.165, 1.54) is 24.0 Å². The van der Waals surface area contributed by atoms with Crippen molar-refractivity contribution in [2.24, 2.45) is 5.92 Å². The van der Waals surface area contributed by atoms with Crippen molar-refractivity contribution in [1.82, 2.24) is 10.2 Å². The standard InChI is InChI=1S/C25H29N3O6/c1-25-21(16-7-5-6-8-18(16)27(11-12-29)24(25)32)17(22(30)26-2)14-28(25)23(31)15-9-10-19(33-3)20(13-15)34-4/h5-10,13,17,21,29H,11-12,14H2,1-4H3,(H,26,30)/t17-,21+,25-/m0/s1. The lowest BCUT2D eigenvalue weighted by Crippen LogP contribution is -2.62. The molecule has 0 aliphatic carbocycles. The van der Waals surface area contributed by atoms with E-state index in [1.54, 1.807) is 32.2 Å². The lowest BCUT2D eigenvalue weighted by Gasteiger charge is -2.46. The minimum absolute atomic E-state index is 0.0705. The lowest BCUT2D eigenvalue weighted by molar-refractivity contribution is -0.129. The molecule has 1 fully saturated rings. The molecule has 2 heterocycles. The monoisotopic (exact) mass is 467 g/mol. The Hall–Kier alpha value is -3.59. The third kappa shape index (κ3) is 3.38. The van der Waals surface area contributed by atoms with Crippen molar-refractivity contribution in [2.75, 3.05) is 45.9 Å². The van der Waals surface area contributed by atoms with Crippen molar-refractivity contribution >= 4 is 23.4 Å². The molecule has 34 heavy (non-hydrogen) atoms. The number of β-amino-alcohol motifs (C(OH)–C–C–N with tert-alkyl or cyclic N) is 1. The van der Waals surface area contributed by atoms with Crippen molar-refractivity contribution in [3.05, 3.63) is 53.6 Å². The van der Waals surface area contributed by atoms with E-state index in [-0.39, 0.29) is 31.5 Å². The van der Waals surface area contributed by atoms with Crippen LogP contribution in [0.4, 0.5) is 5.69 Å². The first-order chi connectivity index (χ1) is 16.3. The summed E-state index contributed by atoms with van der Waals surface area (Å²) in [5.74, 6) is -1.27. The lowest BCUT2D eigenvalue weighted by atomic mass is 9.71. The van der Waals surface area contributed by atoms with Crippen molar-refractivity contribution in [3.8, 4) is 11.5 Å². The van der Waals surface area contributed by atoms with Gasteiger partial charge in [0.15, 0.2) is 11.5 Å². The molecule has 0 unspecified atom stereocenters. The van der Waals surface area contributed by atoms with E-state index in [0.29, 0.717) is 22.7 Å². The van der Waals surface area contributed by atoms with E-state index in [4.69, 9.17) is 9.47 Å². The Labute approximate surface area is 198 Å². The van der Waals surface area contributed by atoms with Gasteiger partial charge in [0, 0.05) is 37.3 Å². The molecular weight excluding hydrogens is 438 g/mol. The highest BCUT2D eigenvalue weighted by Crippen LogP contribution is 2.53. The number of benzene rings is 2. The first kappa shape index (κ1) is 23.6. The van der Waals surface area contributed by atoms with Gasteiger partial charge in [-0.1, -0.05) is 18.2 Å². The molecule has 0 saturated carbocycles. The Morgan fingerprint density at radius 1 is 1.15 bits per heavy atom. The summed E-state index contributed by atoms with van der Waals surface area (Å²) in [5.41, 5.74) is 0.438. The summed E-state index contributed by atoms with van der Waals surface area (Å²) in [6.07, 6.45) is 0. The van der Waals surface area contributed by atoms with Crippen LogP contribution in [0.3, 0.4) is 0 Å². The first-order valence-corrected chi connectivity index (χ1v) is 11.1. The Kier molecular flexibility index (Phi) is 6.22. The maximum atomic E-state index is 14.0. The van der Waals surface area contributed by atoms with E-state index in [9.17, 15) is 19.5 Å². The fourth-order valence-corrected chi connectivity index (χ4v) is 5.36. The number of ether oxygens (including phenoxy) is 2. The number of nitrogens with zero attached hydrogens (tertiary/aromatic N) is 2. The summed E-state index contributed by atoms with van der Waals surface area (Å²) in [4.78, 5) is 43.8. The number of para-hydroxylation sites is 1. The van der Waals surface area contributed by atoms with Crippen LogP contribution in [0, 0.1) is 5.92 Å². The summed E-state index contributed by atoms with van der Waals surface area (Å²) in [6.45, 7) is 1.63. The van der Waals surface area contributed by atoms with Crippen LogP contribution in [0.15, 0.2) is 42.5 Å². The number of fused-ring (bicyclic) bond motifs is 3. The first-order valence-electron chi connectivity index (χ1n) is 11.1. The van der Waals surface area contributed by atoms with Gasteiger partial charge < -0.3 is 29.7 Å². The van der Waals surface area contributed by atoms with Gasteiger partial charge in [-0.25, -0.2) is 0 Å². The molecule has 0 bridgehead atoms. The number of carbonyl (C=O) groups is 3. The number of anilines is 1. The summed E-state index contributed by atoms with van der Waals surface area (Å²) in [6, 6.07) is 12.2. The number of aliphatic hydroxyl groups excluding tert-OH is 1. The Bertz CT molecular complexity index is 1140. The molecule has 2 aromatic rings. The van der Waals surface area contributed by atoms with Gasteiger partial charge in [0.25, 0.3) is 11.8 Å². The van der Waals surface area contributed by atoms with Crippen molar-refractivity contribution in [3.63, 3.8) is 0 Å². The summed E-state index contributed by atoms with van der Waals surface area (Å²) in [7, 11) is 4.54. The van der Waals surface area contributed by atoms with E-state index in [0.717, 1.165) is 5.56 Å². The molecule has 2 aliphatic rings. The van der Waals surface area contributed by atoms with Crippen LogP contribution in [-0.4, -0.2) is 74.2 Å². The largest absolute Gasteiger partial charge is 0.493 e. The zero-order valence-electron chi connectivity index (χ0n) is 19.7. The quantitative estimate of drug-likeness (QED) is 0.665. The molecule has 180 valence electrons. The Morgan fingerprint density at radius 2 is 1.85 bits per heavy atom. The Morgan fingerprint density at radius 3 is 2.50 bits per heavy atom. The van der Waals surface area contributed by atoms with E-state index < -0.39 is 23.3 Å². The average Bonchev–Trinajstić information content (AvgIpc) is 3.19. The molecule has 1 saturated heterocycles. The molecule has 2 aromatic carbocycles. The molecule has 3 amide bonds. The predicted octanol–water partition coefficient (Wildman–Crippen LogP) is 1.40. The molecule has 2 aliphatic heterocycles. The summed E-state index contributed by atoms with van der Waals surface area (Å²) < 4.78 is 10.6. The number of hydrogen-bond donors (Lipinski definition) is 2. The number of aliphatic hydroxyl groups is 1. The fraction of sp³-hybridized carbons (Fsp3) is 0.400. The number of likely N-dealkylation sites (tertiary alicyclic amines) is 1. The van der Waals surface area contributed by atoms with Crippen LogP contribution in [0.5, 0.6) is 11.5 Å². The van der Waals surface area contributed by atoms with Crippen LogP contribution in [-0.2, 0) is 9.59 Å². The number of hydrogen-bond acceptors (Lipinski definition) is 6. The highest BCUT2D eigenvalue weighted by molar-refractivity contribution is 6.09. The van der Waals surface area contributed by atoms with Gasteiger partial charge in [0.05, 0.1) is 26.7 Å². The Balaban J connectivity index is 1.87.